The number of ether oxygens (including phenoxy) is 2. The van der Waals surface area contributed by atoms with Crippen LogP contribution >= 0.6 is 0 Å². The number of piperidine rings is 1. The fourth-order valence-corrected chi connectivity index (χ4v) is 5.60. The molecule has 2 unspecified atom stereocenters. The average molecular weight is 539 g/mol. The maximum absolute atomic E-state index is 13.2. The molecule has 0 saturated carbocycles. The van der Waals surface area contributed by atoms with Gasteiger partial charge in [0, 0.05) is 25.0 Å². The zero-order valence-corrected chi connectivity index (χ0v) is 22.7. The van der Waals surface area contributed by atoms with Crippen LogP contribution < -0.4 is 14.8 Å². The van der Waals surface area contributed by atoms with Gasteiger partial charge in [0.05, 0.1) is 12.7 Å². The van der Waals surface area contributed by atoms with Crippen molar-refractivity contribution < 1.29 is 24.2 Å². The zero-order valence-electron chi connectivity index (χ0n) is 22.7. The van der Waals surface area contributed by atoms with Gasteiger partial charge in [0.2, 0.25) is 0 Å². The number of benzene rings is 4. The van der Waals surface area contributed by atoms with Gasteiger partial charge in [-0.25, -0.2) is 9.59 Å². The summed E-state index contributed by atoms with van der Waals surface area (Å²) < 4.78 is 11.0. The van der Waals surface area contributed by atoms with Crippen molar-refractivity contribution in [1.82, 2.24) is 10.2 Å². The number of nitrogens with zero attached hydrogens (tertiary/aromatic N) is 1. The number of carboxylic acid groups (broad SMARTS) is 1. The molecule has 4 aromatic carbocycles. The number of fused-ring (bicyclic) bond motifs is 1. The van der Waals surface area contributed by atoms with Gasteiger partial charge in [-0.1, -0.05) is 72.8 Å². The zero-order chi connectivity index (χ0) is 28.1. The summed E-state index contributed by atoms with van der Waals surface area (Å²) in [6.45, 7) is 4.10. The highest BCUT2D eigenvalue weighted by Gasteiger charge is 2.34. The van der Waals surface area contributed by atoms with Gasteiger partial charge < -0.3 is 24.8 Å². The molecule has 7 nitrogen and oxygen atoms in total. The largest absolute Gasteiger partial charge is 0.493 e. The Morgan fingerprint density at radius 3 is 2.50 bits per heavy atom. The van der Waals surface area contributed by atoms with Crippen LogP contribution in [0.5, 0.6) is 11.5 Å². The van der Waals surface area contributed by atoms with Crippen molar-refractivity contribution in [2.75, 3.05) is 26.7 Å². The minimum absolute atomic E-state index is 0.0619. The summed E-state index contributed by atoms with van der Waals surface area (Å²) in [4.78, 5) is 26.3. The fourth-order valence-electron chi connectivity index (χ4n) is 5.60. The number of amides is 1. The Bertz CT molecular complexity index is 1480. The molecule has 0 spiro atoms. The van der Waals surface area contributed by atoms with Crippen molar-refractivity contribution in [3.05, 3.63) is 108 Å². The van der Waals surface area contributed by atoms with Crippen LogP contribution in [0.4, 0.5) is 4.79 Å². The lowest BCUT2D eigenvalue weighted by Gasteiger charge is -2.39. The molecule has 1 aliphatic heterocycles. The van der Waals surface area contributed by atoms with Crippen LogP contribution in [-0.2, 0) is 0 Å². The number of aromatic carboxylic acids is 1. The van der Waals surface area contributed by atoms with E-state index in [2.05, 4.69) is 66.8 Å². The molecule has 40 heavy (non-hydrogen) atoms. The van der Waals surface area contributed by atoms with Crippen LogP contribution in [0, 0.1) is 5.92 Å². The molecular weight excluding hydrogens is 504 g/mol. The SMILES string of the molecule is COc1cc(C(=O)O)ccc1OC(=O)N1CCC(CN[C@H](C)c2cccc3ccccc23)C(c2ccccc2)C1. The molecule has 1 heterocycles. The molecule has 1 amide bonds. The first-order valence-corrected chi connectivity index (χ1v) is 13.6. The molecule has 7 heteroatoms. The molecule has 2 N–H and O–H groups in total. The van der Waals surface area contributed by atoms with Crippen LogP contribution in [0.25, 0.3) is 10.8 Å². The third-order valence-corrected chi connectivity index (χ3v) is 7.83. The Balaban J connectivity index is 1.30. The van der Waals surface area contributed by atoms with Crippen molar-refractivity contribution in [3.63, 3.8) is 0 Å². The number of carbonyl (C=O) groups excluding carboxylic acids is 1. The van der Waals surface area contributed by atoms with Gasteiger partial charge in [-0.3, -0.25) is 0 Å². The van der Waals surface area contributed by atoms with E-state index < -0.39 is 12.1 Å². The van der Waals surface area contributed by atoms with E-state index in [9.17, 15) is 14.7 Å². The first-order chi connectivity index (χ1) is 19.4. The molecule has 0 aromatic heterocycles. The Kier molecular flexibility index (Phi) is 8.31. The molecule has 5 rings (SSSR count). The summed E-state index contributed by atoms with van der Waals surface area (Å²) in [6.07, 6.45) is 0.344. The Morgan fingerprint density at radius 2 is 1.73 bits per heavy atom. The van der Waals surface area contributed by atoms with Gasteiger partial charge in [-0.2, -0.15) is 0 Å². The molecule has 0 radical (unpaired) electrons. The molecule has 206 valence electrons. The molecule has 3 atom stereocenters. The maximum Gasteiger partial charge on any atom is 0.415 e. The van der Waals surface area contributed by atoms with Crippen LogP contribution in [-0.4, -0.2) is 48.8 Å². The molecule has 1 aliphatic rings. The number of carbonyl (C=O) groups is 2. The van der Waals surface area contributed by atoms with Crippen molar-refractivity contribution in [3.8, 4) is 11.5 Å². The lowest BCUT2D eigenvalue weighted by atomic mass is 9.80. The molecule has 1 fully saturated rings. The second-order valence-electron chi connectivity index (χ2n) is 10.2. The molecule has 4 aromatic rings. The van der Waals surface area contributed by atoms with Gasteiger partial charge >= 0.3 is 12.1 Å². The number of nitrogens with one attached hydrogen (secondary N) is 1. The highest BCUT2D eigenvalue weighted by molar-refractivity contribution is 5.89. The van der Waals surface area contributed by atoms with E-state index in [0.717, 1.165) is 13.0 Å². The van der Waals surface area contributed by atoms with Crippen LogP contribution in [0.15, 0.2) is 91.0 Å². The van der Waals surface area contributed by atoms with Crippen LogP contribution in [0.3, 0.4) is 0 Å². The minimum Gasteiger partial charge on any atom is -0.493 e. The quantitative estimate of drug-likeness (QED) is 0.266. The van der Waals surface area contributed by atoms with E-state index >= 15 is 0 Å². The maximum atomic E-state index is 13.2. The summed E-state index contributed by atoms with van der Waals surface area (Å²) in [5.74, 6) is -0.220. The number of carboxylic acids is 1. The van der Waals surface area contributed by atoms with E-state index in [4.69, 9.17) is 9.47 Å². The summed E-state index contributed by atoms with van der Waals surface area (Å²) in [6, 6.07) is 29.6. The van der Waals surface area contributed by atoms with Gasteiger partial charge in [-0.05, 0) is 65.9 Å². The van der Waals surface area contributed by atoms with E-state index in [0.29, 0.717) is 19.0 Å². The smallest absolute Gasteiger partial charge is 0.415 e. The van der Waals surface area contributed by atoms with Crippen molar-refractivity contribution in [1.29, 1.82) is 0 Å². The molecule has 0 bridgehead atoms. The number of methoxy groups -OCH3 is 1. The second-order valence-corrected chi connectivity index (χ2v) is 10.2. The summed E-state index contributed by atoms with van der Waals surface area (Å²) >= 11 is 0. The summed E-state index contributed by atoms with van der Waals surface area (Å²) in [5, 5.41) is 15.5. The molecule has 1 saturated heterocycles. The van der Waals surface area contributed by atoms with Gasteiger partial charge in [0.15, 0.2) is 11.5 Å². The third kappa shape index (κ3) is 5.95. The van der Waals surface area contributed by atoms with Crippen molar-refractivity contribution >= 4 is 22.8 Å². The molecule has 0 aliphatic carbocycles. The standard InChI is InChI=1S/C33H34N2O5/c1-22(27-14-8-12-23-11-6-7-13-28(23)27)34-20-26-17-18-35(21-29(26)24-9-4-3-5-10-24)33(38)40-30-16-15-25(32(36)37)19-31(30)39-2/h3-16,19,22,26,29,34H,17-18,20-21H2,1-2H3,(H,36,37)/t22-,26?,29?/m1/s1. The highest BCUT2D eigenvalue weighted by atomic mass is 16.6. The van der Waals surface area contributed by atoms with Gasteiger partial charge in [0.25, 0.3) is 0 Å². The van der Waals surface area contributed by atoms with E-state index in [1.54, 1.807) is 4.90 Å². The van der Waals surface area contributed by atoms with Crippen LogP contribution in [0.1, 0.15) is 46.8 Å². The Labute approximate surface area is 234 Å². The van der Waals surface area contributed by atoms with E-state index in [1.807, 2.05) is 18.2 Å². The second kappa shape index (κ2) is 12.2. The summed E-state index contributed by atoms with van der Waals surface area (Å²) in [5.41, 5.74) is 2.53. The number of likely N-dealkylation sites (tertiary alicyclic amines) is 1. The van der Waals surface area contributed by atoms with E-state index in [-0.39, 0.29) is 29.0 Å². The first-order valence-electron chi connectivity index (χ1n) is 13.6. The number of hydrogen-bond acceptors (Lipinski definition) is 5. The van der Waals surface area contributed by atoms with Crippen molar-refractivity contribution in [2.45, 2.75) is 25.3 Å². The third-order valence-electron chi connectivity index (χ3n) is 7.83. The molecular formula is C33H34N2O5. The number of hydrogen-bond donors (Lipinski definition) is 2. The fraction of sp³-hybridized carbons (Fsp3) is 0.273. The predicted molar refractivity (Wildman–Crippen MR) is 155 cm³/mol. The predicted octanol–water partition coefficient (Wildman–Crippen LogP) is 6.50. The highest BCUT2D eigenvalue weighted by Crippen LogP contribution is 2.35. The topological polar surface area (TPSA) is 88.1 Å². The van der Waals surface area contributed by atoms with Crippen molar-refractivity contribution in [2.24, 2.45) is 5.92 Å². The first kappa shape index (κ1) is 27.2. The van der Waals surface area contributed by atoms with Gasteiger partial charge in [-0.15, -0.1) is 0 Å². The number of rotatable bonds is 8. The lowest BCUT2D eigenvalue weighted by Crippen LogP contribution is -2.46. The Morgan fingerprint density at radius 1 is 0.975 bits per heavy atom. The van der Waals surface area contributed by atoms with E-state index in [1.165, 1.54) is 47.2 Å². The monoisotopic (exact) mass is 538 g/mol. The normalized spacial score (nSPS) is 17.8. The Hall–Kier alpha value is -4.36. The minimum atomic E-state index is -1.08. The lowest BCUT2D eigenvalue weighted by molar-refractivity contribution is 0.0696. The average Bonchev–Trinajstić information content (AvgIpc) is 3.00. The summed E-state index contributed by atoms with van der Waals surface area (Å²) in [7, 11) is 1.42. The van der Waals surface area contributed by atoms with Crippen LogP contribution in [0.2, 0.25) is 0 Å². The van der Waals surface area contributed by atoms with Gasteiger partial charge in [0.1, 0.15) is 0 Å².